The number of aryl methyl sites for hydroxylation is 1. The second-order valence-corrected chi connectivity index (χ2v) is 6.27. The molecule has 0 fully saturated rings. The van der Waals surface area contributed by atoms with Crippen LogP contribution < -0.4 is 0 Å². The summed E-state index contributed by atoms with van der Waals surface area (Å²) in [7, 11) is -3.74. The molecule has 2 atom stereocenters. The van der Waals surface area contributed by atoms with Crippen LogP contribution in [0.25, 0.3) is 0 Å². The van der Waals surface area contributed by atoms with Crippen molar-refractivity contribution in [1.29, 1.82) is 0 Å². The SMILES string of the molecule is CCOP(=O)(OCC)[C@H](O)[C@@H](O)c1ccc(C)cc1. The lowest BCUT2D eigenvalue weighted by molar-refractivity contribution is 0.0401. The van der Waals surface area contributed by atoms with Gasteiger partial charge in [-0.1, -0.05) is 29.8 Å². The Labute approximate surface area is 113 Å². The van der Waals surface area contributed by atoms with Crippen molar-refractivity contribution in [3.05, 3.63) is 35.4 Å². The van der Waals surface area contributed by atoms with Crippen LogP contribution in [0.3, 0.4) is 0 Å². The molecule has 0 aromatic heterocycles. The maximum absolute atomic E-state index is 12.3. The van der Waals surface area contributed by atoms with E-state index < -0.39 is 19.5 Å². The van der Waals surface area contributed by atoms with Gasteiger partial charge >= 0.3 is 7.60 Å². The molecule has 2 N–H and O–H groups in total. The van der Waals surface area contributed by atoms with Gasteiger partial charge in [0.2, 0.25) is 0 Å². The average molecular weight is 288 g/mol. The molecule has 19 heavy (non-hydrogen) atoms. The molecule has 0 radical (unpaired) electrons. The third kappa shape index (κ3) is 4.13. The Morgan fingerprint density at radius 3 is 2.00 bits per heavy atom. The molecule has 1 aromatic rings. The molecule has 0 aliphatic carbocycles. The molecule has 1 aromatic carbocycles. The van der Waals surface area contributed by atoms with Gasteiger partial charge in [-0.2, -0.15) is 0 Å². The third-order valence-corrected chi connectivity index (χ3v) is 4.81. The smallest absolute Gasteiger partial charge is 0.361 e. The average Bonchev–Trinajstić information content (AvgIpc) is 2.38. The summed E-state index contributed by atoms with van der Waals surface area (Å²) in [6.45, 7) is 5.48. The van der Waals surface area contributed by atoms with E-state index in [1.807, 2.05) is 6.92 Å². The number of rotatable bonds is 7. The molecule has 6 heteroatoms. The third-order valence-electron chi connectivity index (χ3n) is 2.64. The van der Waals surface area contributed by atoms with E-state index in [0.29, 0.717) is 5.56 Å². The first kappa shape index (κ1) is 16.3. The minimum Gasteiger partial charge on any atom is -0.385 e. The van der Waals surface area contributed by atoms with Crippen LogP contribution in [0.1, 0.15) is 31.1 Å². The molecule has 0 unspecified atom stereocenters. The van der Waals surface area contributed by atoms with Crippen LogP contribution in [-0.4, -0.2) is 29.3 Å². The molecule has 0 aliphatic heterocycles. The summed E-state index contributed by atoms with van der Waals surface area (Å²) < 4.78 is 22.4. The van der Waals surface area contributed by atoms with Gasteiger partial charge in [-0.15, -0.1) is 0 Å². The molecule has 0 heterocycles. The van der Waals surface area contributed by atoms with E-state index in [2.05, 4.69) is 0 Å². The van der Waals surface area contributed by atoms with Gasteiger partial charge in [0.1, 0.15) is 6.10 Å². The summed E-state index contributed by atoms with van der Waals surface area (Å²) in [6.07, 6.45) is -1.32. The Morgan fingerprint density at radius 1 is 1.11 bits per heavy atom. The monoisotopic (exact) mass is 288 g/mol. The van der Waals surface area contributed by atoms with Crippen molar-refractivity contribution in [3.63, 3.8) is 0 Å². The Morgan fingerprint density at radius 2 is 1.58 bits per heavy atom. The maximum atomic E-state index is 12.3. The number of aliphatic hydroxyl groups excluding tert-OH is 2. The van der Waals surface area contributed by atoms with Crippen molar-refractivity contribution in [1.82, 2.24) is 0 Å². The van der Waals surface area contributed by atoms with Crippen LogP contribution >= 0.6 is 7.60 Å². The van der Waals surface area contributed by atoms with Gasteiger partial charge in [0.05, 0.1) is 13.2 Å². The van der Waals surface area contributed by atoms with Crippen molar-refractivity contribution in [2.75, 3.05) is 13.2 Å². The molecule has 1 rings (SSSR count). The van der Waals surface area contributed by atoms with Gasteiger partial charge in [-0.3, -0.25) is 4.57 Å². The lowest BCUT2D eigenvalue weighted by Crippen LogP contribution is -2.21. The molecule has 0 bridgehead atoms. The molecular weight excluding hydrogens is 267 g/mol. The van der Waals surface area contributed by atoms with E-state index in [-0.39, 0.29) is 13.2 Å². The zero-order valence-electron chi connectivity index (χ0n) is 11.4. The lowest BCUT2D eigenvalue weighted by atomic mass is 10.1. The lowest BCUT2D eigenvalue weighted by Gasteiger charge is -2.26. The predicted octanol–water partition coefficient (Wildman–Crippen LogP) is 2.61. The maximum Gasteiger partial charge on any atom is 0.361 e. The van der Waals surface area contributed by atoms with Crippen molar-refractivity contribution < 1.29 is 23.8 Å². The first-order valence-electron chi connectivity index (χ1n) is 6.26. The summed E-state index contributed by atoms with van der Waals surface area (Å²) in [6, 6.07) is 6.95. The second kappa shape index (κ2) is 7.17. The quantitative estimate of drug-likeness (QED) is 0.754. The highest BCUT2D eigenvalue weighted by atomic mass is 31.2. The zero-order chi connectivity index (χ0) is 14.5. The summed E-state index contributed by atoms with van der Waals surface area (Å²) in [5, 5.41) is 20.1. The minimum atomic E-state index is -3.74. The minimum absolute atomic E-state index is 0.134. The predicted molar refractivity (Wildman–Crippen MR) is 73.0 cm³/mol. The highest BCUT2D eigenvalue weighted by Crippen LogP contribution is 2.55. The van der Waals surface area contributed by atoms with E-state index in [0.717, 1.165) is 5.56 Å². The van der Waals surface area contributed by atoms with Crippen LogP contribution in [-0.2, 0) is 13.6 Å². The number of benzene rings is 1. The van der Waals surface area contributed by atoms with Crippen molar-refractivity contribution in [2.24, 2.45) is 0 Å². The van der Waals surface area contributed by atoms with Gasteiger partial charge < -0.3 is 19.3 Å². The van der Waals surface area contributed by atoms with E-state index in [1.54, 1.807) is 38.1 Å². The van der Waals surface area contributed by atoms with Crippen LogP contribution in [0, 0.1) is 6.92 Å². The molecule has 0 aliphatic rings. The van der Waals surface area contributed by atoms with Crippen LogP contribution in [0.4, 0.5) is 0 Å². The molecule has 5 nitrogen and oxygen atoms in total. The topological polar surface area (TPSA) is 76.0 Å². The summed E-state index contributed by atoms with van der Waals surface area (Å²) in [4.78, 5) is 0. The molecular formula is C13H21O5P. The summed E-state index contributed by atoms with van der Waals surface area (Å²) in [5.74, 6) is -1.60. The molecule has 0 spiro atoms. The summed E-state index contributed by atoms with van der Waals surface area (Å²) >= 11 is 0. The first-order valence-corrected chi connectivity index (χ1v) is 7.87. The number of hydrogen-bond donors (Lipinski definition) is 2. The highest BCUT2D eigenvalue weighted by Gasteiger charge is 2.39. The van der Waals surface area contributed by atoms with Crippen LogP contribution in [0.15, 0.2) is 24.3 Å². The van der Waals surface area contributed by atoms with E-state index in [4.69, 9.17) is 9.05 Å². The summed E-state index contributed by atoms with van der Waals surface area (Å²) in [5.41, 5.74) is 1.50. The highest BCUT2D eigenvalue weighted by molar-refractivity contribution is 7.54. The van der Waals surface area contributed by atoms with Crippen molar-refractivity contribution in [2.45, 2.75) is 32.7 Å². The fourth-order valence-corrected chi connectivity index (χ4v) is 3.28. The zero-order valence-corrected chi connectivity index (χ0v) is 12.3. The van der Waals surface area contributed by atoms with Crippen LogP contribution in [0.2, 0.25) is 0 Å². The largest absolute Gasteiger partial charge is 0.385 e. The second-order valence-electron chi connectivity index (χ2n) is 4.14. The first-order chi connectivity index (χ1) is 8.94. The van der Waals surface area contributed by atoms with Crippen molar-refractivity contribution >= 4 is 7.60 Å². The Bertz CT molecular complexity index is 421. The fourth-order valence-electron chi connectivity index (χ4n) is 1.66. The van der Waals surface area contributed by atoms with Gasteiger partial charge in [-0.05, 0) is 26.3 Å². The van der Waals surface area contributed by atoms with Gasteiger partial charge in [-0.25, -0.2) is 0 Å². The number of hydrogen-bond acceptors (Lipinski definition) is 5. The van der Waals surface area contributed by atoms with Gasteiger partial charge in [0.25, 0.3) is 0 Å². The Kier molecular flexibility index (Phi) is 6.17. The van der Waals surface area contributed by atoms with E-state index in [1.165, 1.54) is 0 Å². The Balaban J connectivity index is 2.92. The normalized spacial score (nSPS) is 15.2. The molecule has 0 amide bonds. The van der Waals surface area contributed by atoms with E-state index >= 15 is 0 Å². The standard InChI is InChI=1S/C13H21O5P/c1-4-17-19(16,18-5-2)13(15)12(14)11-8-6-10(3)7-9-11/h6-9,12-15H,4-5H2,1-3H3/t12-,13-/m0/s1. The van der Waals surface area contributed by atoms with E-state index in [9.17, 15) is 14.8 Å². The molecule has 0 saturated heterocycles. The molecule has 108 valence electrons. The fraction of sp³-hybridized carbons (Fsp3) is 0.538. The molecule has 0 saturated carbocycles. The number of aliphatic hydroxyl groups is 2. The Hall–Kier alpha value is -0.710. The van der Waals surface area contributed by atoms with Crippen molar-refractivity contribution in [3.8, 4) is 0 Å². The van der Waals surface area contributed by atoms with Gasteiger partial charge in [0, 0.05) is 0 Å². The van der Waals surface area contributed by atoms with Gasteiger partial charge in [0.15, 0.2) is 5.85 Å². The van der Waals surface area contributed by atoms with Crippen LogP contribution in [0.5, 0.6) is 0 Å².